The van der Waals surface area contributed by atoms with Crippen molar-refractivity contribution in [1.29, 1.82) is 0 Å². The van der Waals surface area contributed by atoms with Gasteiger partial charge in [0, 0.05) is 5.56 Å². The molecule has 0 saturated heterocycles. The molecule has 1 unspecified atom stereocenters. The fourth-order valence-corrected chi connectivity index (χ4v) is 2.16. The molecule has 1 atom stereocenters. The lowest BCUT2D eigenvalue weighted by atomic mass is 10.1. The van der Waals surface area contributed by atoms with Crippen molar-refractivity contribution in [3.8, 4) is 0 Å². The molecular weight excluding hydrogens is 293 g/mol. The van der Waals surface area contributed by atoms with Gasteiger partial charge in [-0.15, -0.1) is 6.58 Å². The normalized spacial score (nSPS) is 12.0. The first-order valence-electron chi connectivity index (χ1n) is 6.42. The molecule has 4 nitrogen and oxygen atoms in total. The summed E-state index contributed by atoms with van der Waals surface area (Å²) in [5, 5.41) is 7.02. The Labute approximate surface area is 126 Å². The first kappa shape index (κ1) is 15.3. The van der Waals surface area contributed by atoms with Crippen molar-refractivity contribution < 1.29 is 4.39 Å². The van der Waals surface area contributed by atoms with Gasteiger partial charge in [0.2, 0.25) is 0 Å². The van der Waals surface area contributed by atoms with E-state index in [-0.39, 0.29) is 23.4 Å². The predicted octanol–water partition coefficient (Wildman–Crippen LogP) is 3.39. The number of allylic oxidation sites excluding steroid dienone is 1. The lowest BCUT2D eigenvalue weighted by Crippen LogP contribution is -2.24. The third-order valence-electron chi connectivity index (χ3n) is 3.03. The summed E-state index contributed by atoms with van der Waals surface area (Å²) in [6, 6.07) is 6.08. The van der Waals surface area contributed by atoms with E-state index in [2.05, 4.69) is 17.0 Å². The minimum atomic E-state index is -0.415. The SMILES string of the molecule is C=CCn1ncc(NC(C)c2ccccc2F)c(Cl)c1=O. The average Bonchev–Trinajstić information content (AvgIpc) is 2.47. The van der Waals surface area contributed by atoms with E-state index in [1.807, 2.05) is 0 Å². The highest BCUT2D eigenvalue weighted by Crippen LogP contribution is 2.24. The maximum absolute atomic E-state index is 13.7. The monoisotopic (exact) mass is 307 g/mol. The molecule has 0 saturated carbocycles. The molecule has 0 fully saturated rings. The fraction of sp³-hybridized carbons (Fsp3) is 0.200. The van der Waals surface area contributed by atoms with Gasteiger partial charge < -0.3 is 5.32 Å². The molecule has 110 valence electrons. The first-order valence-corrected chi connectivity index (χ1v) is 6.80. The number of halogens is 2. The lowest BCUT2D eigenvalue weighted by molar-refractivity contribution is 0.599. The quantitative estimate of drug-likeness (QED) is 0.861. The van der Waals surface area contributed by atoms with E-state index in [9.17, 15) is 9.18 Å². The second kappa shape index (κ2) is 6.54. The topological polar surface area (TPSA) is 46.9 Å². The molecule has 21 heavy (non-hydrogen) atoms. The number of hydrogen-bond acceptors (Lipinski definition) is 3. The minimum Gasteiger partial charge on any atom is -0.376 e. The number of aromatic nitrogens is 2. The van der Waals surface area contributed by atoms with Gasteiger partial charge in [-0.2, -0.15) is 5.10 Å². The summed E-state index contributed by atoms with van der Waals surface area (Å²) >= 11 is 6.04. The molecule has 6 heteroatoms. The van der Waals surface area contributed by atoms with Gasteiger partial charge in [0.05, 0.1) is 24.5 Å². The molecule has 2 aromatic rings. The molecule has 0 aliphatic carbocycles. The Hall–Kier alpha value is -2.14. The Morgan fingerprint density at radius 3 is 2.90 bits per heavy atom. The number of benzene rings is 1. The van der Waals surface area contributed by atoms with E-state index < -0.39 is 5.56 Å². The number of nitrogens with one attached hydrogen (secondary N) is 1. The van der Waals surface area contributed by atoms with Crippen LogP contribution in [0.15, 0.2) is 47.9 Å². The van der Waals surface area contributed by atoms with Crippen molar-refractivity contribution >= 4 is 17.3 Å². The van der Waals surface area contributed by atoms with Crippen LogP contribution in [0.25, 0.3) is 0 Å². The van der Waals surface area contributed by atoms with E-state index in [0.29, 0.717) is 11.3 Å². The minimum absolute atomic E-state index is 0.0232. The highest BCUT2D eigenvalue weighted by molar-refractivity contribution is 6.32. The summed E-state index contributed by atoms with van der Waals surface area (Å²) in [5.41, 5.74) is 0.448. The third kappa shape index (κ3) is 3.31. The molecule has 1 aromatic carbocycles. The summed E-state index contributed by atoms with van der Waals surface area (Å²) in [6.07, 6.45) is 3.00. The van der Waals surface area contributed by atoms with E-state index in [1.54, 1.807) is 31.2 Å². The molecule has 2 rings (SSSR count). The fourth-order valence-electron chi connectivity index (χ4n) is 1.96. The summed E-state index contributed by atoms with van der Waals surface area (Å²) in [7, 11) is 0. The molecule has 0 spiro atoms. The van der Waals surface area contributed by atoms with Crippen LogP contribution in [0.4, 0.5) is 10.1 Å². The largest absolute Gasteiger partial charge is 0.376 e. The second-order valence-electron chi connectivity index (χ2n) is 4.54. The standard InChI is InChI=1S/C15H15ClFN3O/c1-3-8-20-15(21)14(16)13(9-18-20)19-10(2)11-6-4-5-7-12(11)17/h3-7,9-10,19H,1,8H2,2H3. The molecular formula is C15H15ClFN3O. The zero-order valence-electron chi connectivity index (χ0n) is 11.5. The summed E-state index contributed by atoms with van der Waals surface area (Å²) < 4.78 is 14.9. The summed E-state index contributed by atoms with van der Waals surface area (Å²) in [6.45, 7) is 5.61. The Balaban J connectivity index is 2.28. The number of nitrogens with zero attached hydrogens (tertiary/aromatic N) is 2. The van der Waals surface area contributed by atoms with Crippen LogP contribution in [0.2, 0.25) is 5.02 Å². The Morgan fingerprint density at radius 1 is 1.52 bits per heavy atom. The number of anilines is 1. The van der Waals surface area contributed by atoms with Crippen molar-refractivity contribution in [2.24, 2.45) is 0 Å². The molecule has 0 aliphatic rings. The van der Waals surface area contributed by atoms with Gasteiger partial charge in [-0.05, 0) is 13.0 Å². The van der Waals surface area contributed by atoms with Crippen LogP contribution in [0, 0.1) is 5.82 Å². The Kier molecular flexibility index (Phi) is 4.75. The summed E-state index contributed by atoms with van der Waals surface area (Å²) in [4.78, 5) is 12.0. The van der Waals surface area contributed by atoms with Crippen LogP contribution in [0.3, 0.4) is 0 Å². The zero-order valence-corrected chi connectivity index (χ0v) is 12.3. The Morgan fingerprint density at radius 2 is 2.24 bits per heavy atom. The molecule has 1 N–H and O–H groups in total. The van der Waals surface area contributed by atoms with Gasteiger partial charge >= 0.3 is 0 Å². The van der Waals surface area contributed by atoms with Crippen molar-refractivity contribution in [3.63, 3.8) is 0 Å². The molecule has 1 heterocycles. The smallest absolute Gasteiger partial charge is 0.287 e. The van der Waals surface area contributed by atoms with E-state index in [1.165, 1.54) is 16.9 Å². The van der Waals surface area contributed by atoms with Gasteiger partial charge in [0.25, 0.3) is 5.56 Å². The molecule has 0 radical (unpaired) electrons. The Bertz CT molecular complexity index is 714. The van der Waals surface area contributed by atoms with Crippen LogP contribution < -0.4 is 10.9 Å². The predicted molar refractivity (Wildman–Crippen MR) is 82.1 cm³/mol. The lowest BCUT2D eigenvalue weighted by Gasteiger charge is -2.17. The van der Waals surface area contributed by atoms with Crippen molar-refractivity contribution in [2.75, 3.05) is 5.32 Å². The molecule has 0 aliphatic heterocycles. The van der Waals surface area contributed by atoms with Gasteiger partial charge in [-0.3, -0.25) is 4.79 Å². The number of rotatable bonds is 5. The van der Waals surface area contributed by atoms with Gasteiger partial charge in [0.15, 0.2) is 0 Å². The molecule has 0 amide bonds. The number of hydrogen-bond donors (Lipinski definition) is 1. The van der Waals surface area contributed by atoms with E-state index in [0.717, 1.165) is 0 Å². The summed E-state index contributed by atoms with van der Waals surface area (Å²) in [5.74, 6) is -0.318. The van der Waals surface area contributed by atoms with Crippen LogP contribution in [0.5, 0.6) is 0 Å². The third-order valence-corrected chi connectivity index (χ3v) is 3.40. The van der Waals surface area contributed by atoms with Crippen molar-refractivity contribution in [2.45, 2.75) is 19.5 Å². The van der Waals surface area contributed by atoms with Crippen LogP contribution in [0.1, 0.15) is 18.5 Å². The second-order valence-corrected chi connectivity index (χ2v) is 4.91. The van der Waals surface area contributed by atoms with Crippen molar-refractivity contribution in [3.05, 3.63) is 69.9 Å². The van der Waals surface area contributed by atoms with Crippen molar-refractivity contribution in [1.82, 2.24) is 9.78 Å². The van der Waals surface area contributed by atoms with E-state index >= 15 is 0 Å². The zero-order chi connectivity index (χ0) is 15.4. The van der Waals surface area contributed by atoms with E-state index in [4.69, 9.17) is 11.6 Å². The average molecular weight is 308 g/mol. The highest BCUT2D eigenvalue weighted by Gasteiger charge is 2.14. The van der Waals surface area contributed by atoms with Gasteiger partial charge in [-0.25, -0.2) is 9.07 Å². The van der Waals surface area contributed by atoms with Gasteiger partial charge in [0.1, 0.15) is 10.8 Å². The van der Waals surface area contributed by atoms with Crippen LogP contribution >= 0.6 is 11.6 Å². The molecule has 0 bridgehead atoms. The van der Waals surface area contributed by atoms with Crippen LogP contribution in [-0.2, 0) is 6.54 Å². The van der Waals surface area contributed by atoms with Crippen LogP contribution in [-0.4, -0.2) is 9.78 Å². The highest BCUT2D eigenvalue weighted by atomic mass is 35.5. The van der Waals surface area contributed by atoms with Gasteiger partial charge in [-0.1, -0.05) is 35.9 Å². The maximum atomic E-state index is 13.7. The molecule has 1 aromatic heterocycles. The first-order chi connectivity index (χ1) is 10.0. The maximum Gasteiger partial charge on any atom is 0.287 e.